The molecule has 0 aliphatic carbocycles. The summed E-state index contributed by atoms with van der Waals surface area (Å²) in [4.78, 5) is 3.93. The van der Waals surface area contributed by atoms with Crippen LogP contribution in [0.3, 0.4) is 0 Å². The molecule has 0 aliphatic rings. The Morgan fingerprint density at radius 3 is 2.95 bits per heavy atom. The molecule has 1 heterocycles. The van der Waals surface area contributed by atoms with Gasteiger partial charge in [-0.3, -0.25) is 15.8 Å². The average Bonchev–Trinajstić information content (AvgIpc) is 2.39. The van der Waals surface area contributed by atoms with E-state index in [1.165, 1.54) is 6.07 Å². The lowest BCUT2D eigenvalue weighted by atomic mass is 10.2. The molecule has 0 unspecified atom stereocenters. The molecule has 0 saturated heterocycles. The van der Waals surface area contributed by atoms with Crippen molar-refractivity contribution in [3.8, 4) is 6.07 Å². The monoisotopic (exact) mass is 256 g/mol. The molecule has 0 saturated carbocycles. The molecule has 4 N–H and O–H groups in total. The first kappa shape index (κ1) is 12.4. The quantitative estimate of drug-likeness (QED) is 0.440. The molecule has 1 aromatic carbocycles. The Morgan fingerprint density at radius 2 is 2.26 bits per heavy atom. The van der Waals surface area contributed by atoms with Crippen LogP contribution in [0, 0.1) is 22.6 Å². The van der Waals surface area contributed by atoms with E-state index < -0.39 is 11.7 Å². The van der Waals surface area contributed by atoms with Crippen molar-refractivity contribution in [2.45, 2.75) is 0 Å². The van der Waals surface area contributed by atoms with E-state index in [1.807, 2.05) is 0 Å². The third-order valence-corrected chi connectivity index (χ3v) is 2.31. The fraction of sp³-hybridized carbons (Fsp3) is 0. The number of rotatable bonds is 3. The number of benzene rings is 1. The third kappa shape index (κ3) is 2.81. The molecule has 0 atom stereocenters. The number of nitrogens with zero attached hydrogens (tertiary/aromatic N) is 3. The largest absolute Gasteiger partial charge is 0.382 e. The van der Waals surface area contributed by atoms with E-state index in [0.717, 1.165) is 6.20 Å². The van der Waals surface area contributed by atoms with E-state index in [4.69, 9.17) is 16.4 Å². The molecular formula is C12H9FN6. The van der Waals surface area contributed by atoms with Crippen molar-refractivity contribution in [1.29, 1.82) is 10.7 Å². The number of fused-ring (bicyclic) bond motifs is 1. The summed E-state index contributed by atoms with van der Waals surface area (Å²) in [7, 11) is 0. The number of amidine groups is 1. The number of hydrazone groups is 1. The Hall–Kier alpha value is -3.01. The maximum atomic E-state index is 13.0. The Labute approximate surface area is 107 Å². The highest BCUT2D eigenvalue weighted by atomic mass is 19.1. The zero-order chi connectivity index (χ0) is 13.8. The molecule has 2 aromatic rings. The Morgan fingerprint density at radius 1 is 1.47 bits per heavy atom. The van der Waals surface area contributed by atoms with Crippen LogP contribution in [-0.2, 0) is 0 Å². The number of hydrogen-bond donors (Lipinski definition) is 3. The van der Waals surface area contributed by atoms with Crippen LogP contribution in [-0.4, -0.2) is 16.5 Å². The predicted molar refractivity (Wildman–Crippen MR) is 70.3 cm³/mol. The number of halogens is 1. The second-order valence-electron chi connectivity index (χ2n) is 3.66. The van der Waals surface area contributed by atoms with Gasteiger partial charge in [0.25, 0.3) is 0 Å². The van der Waals surface area contributed by atoms with E-state index in [0.29, 0.717) is 16.6 Å². The van der Waals surface area contributed by atoms with Gasteiger partial charge in [-0.15, -0.1) is 0 Å². The van der Waals surface area contributed by atoms with Gasteiger partial charge in [-0.05, 0) is 18.2 Å². The van der Waals surface area contributed by atoms with Gasteiger partial charge in [0.1, 0.15) is 11.9 Å². The fourth-order valence-electron chi connectivity index (χ4n) is 1.43. The van der Waals surface area contributed by atoms with Crippen molar-refractivity contribution >= 4 is 28.1 Å². The first-order valence-corrected chi connectivity index (χ1v) is 5.23. The summed E-state index contributed by atoms with van der Waals surface area (Å²) < 4.78 is 13.0. The number of nitriles is 1. The number of hydrogen-bond acceptors (Lipinski definition) is 5. The molecule has 0 radical (unpaired) electrons. The molecule has 19 heavy (non-hydrogen) atoms. The highest BCUT2D eigenvalue weighted by Gasteiger charge is 2.02. The summed E-state index contributed by atoms with van der Waals surface area (Å²) >= 11 is 0. The molecule has 0 bridgehead atoms. The summed E-state index contributed by atoms with van der Waals surface area (Å²) in [6.45, 7) is 0. The van der Waals surface area contributed by atoms with E-state index in [-0.39, 0.29) is 5.71 Å². The minimum absolute atomic E-state index is 0.216. The fourth-order valence-corrected chi connectivity index (χ4v) is 1.43. The second-order valence-corrected chi connectivity index (χ2v) is 3.66. The standard InChI is InChI=1S/C12H9FN6/c13-8-3-7-1-2-9(4-10(7)17-6-8)18-19-11(5-14)12(15)16/h1-4,6,18H,(H3,15,16)/b19-11+. The van der Waals surface area contributed by atoms with Crippen molar-refractivity contribution < 1.29 is 4.39 Å². The van der Waals surface area contributed by atoms with Crippen molar-refractivity contribution in [2.24, 2.45) is 10.8 Å². The van der Waals surface area contributed by atoms with Crippen molar-refractivity contribution in [3.63, 3.8) is 0 Å². The molecule has 2 rings (SSSR count). The van der Waals surface area contributed by atoms with E-state index >= 15 is 0 Å². The van der Waals surface area contributed by atoms with Gasteiger partial charge in [-0.1, -0.05) is 6.07 Å². The highest BCUT2D eigenvalue weighted by molar-refractivity contribution is 6.45. The van der Waals surface area contributed by atoms with Gasteiger partial charge in [0.15, 0.2) is 5.84 Å². The molecule has 7 heteroatoms. The van der Waals surface area contributed by atoms with E-state index in [9.17, 15) is 4.39 Å². The smallest absolute Gasteiger partial charge is 0.201 e. The Bertz CT molecular complexity index is 716. The van der Waals surface area contributed by atoms with Gasteiger partial charge >= 0.3 is 0 Å². The lowest BCUT2D eigenvalue weighted by Gasteiger charge is -2.03. The summed E-state index contributed by atoms with van der Waals surface area (Å²) in [6.07, 6.45) is 1.12. The lowest BCUT2D eigenvalue weighted by molar-refractivity contribution is 0.624. The summed E-state index contributed by atoms with van der Waals surface area (Å²) in [5.41, 5.74) is 8.68. The van der Waals surface area contributed by atoms with Crippen LogP contribution in [0.15, 0.2) is 35.6 Å². The van der Waals surface area contributed by atoms with Gasteiger partial charge in [0, 0.05) is 5.39 Å². The zero-order valence-electron chi connectivity index (χ0n) is 9.68. The summed E-state index contributed by atoms with van der Waals surface area (Å²) in [5.74, 6) is -0.828. The minimum atomic E-state index is -0.420. The molecular weight excluding hydrogens is 247 g/mol. The van der Waals surface area contributed by atoms with Crippen LogP contribution < -0.4 is 11.2 Å². The van der Waals surface area contributed by atoms with Crippen LogP contribution in [0.25, 0.3) is 10.9 Å². The predicted octanol–water partition coefficient (Wildman–Crippen LogP) is 1.60. The van der Waals surface area contributed by atoms with Crippen LogP contribution in [0.4, 0.5) is 10.1 Å². The number of anilines is 1. The first-order valence-electron chi connectivity index (χ1n) is 5.23. The zero-order valence-corrected chi connectivity index (χ0v) is 9.68. The van der Waals surface area contributed by atoms with Gasteiger partial charge < -0.3 is 5.73 Å². The van der Waals surface area contributed by atoms with Crippen LogP contribution in [0.1, 0.15) is 0 Å². The SMILES string of the molecule is N#C/C(=N\Nc1ccc2cc(F)cnc2c1)C(=N)N. The number of pyridine rings is 1. The van der Waals surface area contributed by atoms with Crippen LogP contribution >= 0.6 is 0 Å². The summed E-state index contributed by atoms with van der Waals surface area (Å²) in [6, 6.07) is 8.03. The number of aromatic nitrogens is 1. The highest BCUT2D eigenvalue weighted by Crippen LogP contribution is 2.17. The second kappa shape index (κ2) is 5.10. The van der Waals surface area contributed by atoms with Crippen LogP contribution in [0.2, 0.25) is 0 Å². The molecule has 0 aliphatic heterocycles. The molecule has 0 spiro atoms. The van der Waals surface area contributed by atoms with Crippen molar-refractivity contribution in [3.05, 3.63) is 36.3 Å². The van der Waals surface area contributed by atoms with Gasteiger partial charge in [-0.2, -0.15) is 10.4 Å². The average molecular weight is 256 g/mol. The third-order valence-electron chi connectivity index (χ3n) is 2.31. The normalized spacial score (nSPS) is 11.1. The minimum Gasteiger partial charge on any atom is -0.382 e. The van der Waals surface area contributed by atoms with Crippen molar-refractivity contribution in [1.82, 2.24) is 4.98 Å². The summed E-state index contributed by atoms with van der Waals surface area (Å²) in [5, 5.41) is 20.1. The van der Waals surface area contributed by atoms with Gasteiger partial charge in [0.05, 0.1) is 17.4 Å². The topological polar surface area (TPSA) is 111 Å². The van der Waals surface area contributed by atoms with Crippen molar-refractivity contribution in [2.75, 3.05) is 5.43 Å². The maximum Gasteiger partial charge on any atom is 0.201 e. The molecule has 0 amide bonds. The molecule has 6 nitrogen and oxygen atoms in total. The van der Waals surface area contributed by atoms with Gasteiger partial charge in [-0.25, -0.2) is 4.39 Å². The number of nitrogens with one attached hydrogen (secondary N) is 2. The van der Waals surface area contributed by atoms with E-state index in [2.05, 4.69) is 15.5 Å². The maximum absolute atomic E-state index is 13.0. The molecule has 0 fully saturated rings. The van der Waals surface area contributed by atoms with E-state index in [1.54, 1.807) is 24.3 Å². The number of nitrogens with two attached hydrogens (primary N) is 1. The lowest BCUT2D eigenvalue weighted by Crippen LogP contribution is -2.21. The Balaban J connectivity index is 2.30. The Kier molecular flexibility index (Phi) is 3.34. The molecule has 94 valence electrons. The first-order chi connectivity index (χ1) is 9.10. The van der Waals surface area contributed by atoms with Crippen LogP contribution in [0.5, 0.6) is 0 Å². The van der Waals surface area contributed by atoms with Gasteiger partial charge in [0.2, 0.25) is 5.71 Å². The molecule has 1 aromatic heterocycles.